The average Bonchev–Trinajstić information content (AvgIpc) is 3.03. The van der Waals surface area contributed by atoms with Crippen LogP contribution < -0.4 is 10.1 Å². The number of carbonyl (C=O) groups is 1. The first kappa shape index (κ1) is 18.3. The minimum atomic E-state index is -3.62. The Morgan fingerprint density at radius 3 is 2.67 bits per heavy atom. The summed E-state index contributed by atoms with van der Waals surface area (Å²) in [6.07, 6.45) is 0.575. The van der Waals surface area contributed by atoms with Crippen molar-refractivity contribution in [1.82, 2.24) is 13.9 Å². The van der Waals surface area contributed by atoms with Crippen LogP contribution in [0.1, 0.15) is 22.3 Å². The largest absolute Gasteiger partial charge is 0.495 e. The predicted molar refractivity (Wildman–Crippen MR) is 91.1 cm³/mol. The van der Waals surface area contributed by atoms with Gasteiger partial charge >= 0.3 is 0 Å². The maximum atomic E-state index is 12.4. The Morgan fingerprint density at radius 2 is 2.08 bits per heavy atom. The fraction of sp³-hybridized carbons (Fsp3) is 0.357. The number of ether oxygens (including phenoxy) is 1. The van der Waals surface area contributed by atoms with Crippen molar-refractivity contribution in [3.8, 4) is 5.75 Å². The maximum absolute atomic E-state index is 12.4. The van der Waals surface area contributed by atoms with E-state index in [2.05, 4.69) is 14.9 Å². The van der Waals surface area contributed by atoms with E-state index in [9.17, 15) is 13.2 Å². The van der Waals surface area contributed by atoms with Crippen molar-refractivity contribution in [3.05, 3.63) is 28.8 Å². The summed E-state index contributed by atoms with van der Waals surface area (Å²) < 4.78 is 34.6. The first-order valence-corrected chi connectivity index (χ1v) is 9.25. The Balaban J connectivity index is 2.40. The van der Waals surface area contributed by atoms with Gasteiger partial charge in [-0.3, -0.25) is 4.79 Å². The molecule has 2 aromatic rings. The smallest absolute Gasteiger partial charge is 0.269 e. The number of rotatable bonds is 6. The summed E-state index contributed by atoms with van der Waals surface area (Å²) in [4.78, 5) is 12.9. The van der Waals surface area contributed by atoms with E-state index in [0.29, 0.717) is 22.7 Å². The minimum absolute atomic E-state index is 0.0572. The summed E-state index contributed by atoms with van der Waals surface area (Å²) in [5.41, 5.74) is 0.856. The number of aromatic nitrogens is 2. The van der Waals surface area contributed by atoms with E-state index in [0.717, 1.165) is 15.8 Å². The quantitative estimate of drug-likeness (QED) is 0.829. The third-order valence-electron chi connectivity index (χ3n) is 3.29. The number of sulfonamides is 1. The van der Waals surface area contributed by atoms with Crippen LogP contribution in [-0.4, -0.2) is 49.4 Å². The van der Waals surface area contributed by atoms with Gasteiger partial charge < -0.3 is 10.1 Å². The Labute approximate surface area is 144 Å². The van der Waals surface area contributed by atoms with Crippen LogP contribution in [0, 0.1) is 0 Å². The van der Waals surface area contributed by atoms with Crippen molar-refractivity contribution in [2.75, 3.05) is 26.5 Å². The summed E-state index contributed by atoms with van der Waals surface area (Å²) >= 11 is 0.989. The molecule has 8 nitrogen and oxygen atoms in total. The van der Waals surface area contributed by atoms with E-state index in [4.69, 9.17) is 4.74 Å². The standard InChI is InChI=1S/C14H18N4O4S2/c1-5-10-13(23-17-16-10)14(19)15-11-8-9(6-7-12(11)22-4)24(20,21)18(2)3/h6-8H,5H2,1-4H3,(H,15,19). The Hall–Kier alpha value is -2.04. The van der Waals surface area contributed by atoms with E-state index >= 15 is 0 Å². The molecule has 1 N–H and O–H groups in total. The number of hydrogen-bond donors (Lipinski definition) is 1. The zero-order valence-electron chi connectivity index (χ0n) is 13.7. The highest BCUT2D eigenvalue weighted by Gasteiger charge is 2.21. The molecule has 0 aliphatic heterocycles. The molecule has 0 aliphatic carbocycles. The van der Waals surface area contributed by atoms with Crippen molar-refractivity contribution in [2.24, 2.45) is 0 Å². The van der Waals surface area contributed by atoms with E-state index in [1.54, 1.807) is 0 Å². The van der Waals surface area contributed by atoms with Crippen molar-refractivity contribution in [3.63, 3.8) is 0 Å². The maximum Gasteiger partial charge on any atom is 0.269 e. The molecule has 0 spiro atoms. The van der Waals surface area contributed by atoms with Gasteiger partial charge in [0, 0.05) is 14.1 Å². The zero-order valence-corrected chi connectivity index (χ0v) is 15.4. The van der Waals surface area contributed by atoms with Gasteiger partial charge in [-0.25, -0.2) is 12.7 Å². The molecule has 0 saturated heterocycles. The van der Waals surface area contributed by atoms with Crippen LogP contribution in [0.3, 0.4) is 0 Å². The number of nitrogens with zero attached hydrogens (tertiary/aromatic N) is 3. The number of anilines is 1. The Morgan fingerprint density at radius 1 is 1.38 bits per heavy atom. The molecule has 2 rings (SSSR count). The summed E-state index contributed by atoms with van der Waals surface area (Å²) in [5.74, 6) is -0.0452. The summed E-state index contributed by atoms with van der Waals surface area (Å²) in [7, 11) is 0.697. The number of amides is 1. The van der Waals surface area contributed by atoms with Gasteiger partial charge in [-0.05, 0) is 36.2 Å². The molecule has 1 heterocycles. The summed E-state index contributed by atoms with van der Waals surface area (Å²) in [6, 6.07) is 4.29. The SMILES string of the molecule is CCc1nnsc1C(=O)Nc1cc(S(=O)(=O)N(C)C)ccc1OC. The number of methoxy groups -OCH3 is 1. The minimum Gasteiger partial charge on any atom is -0.495 e. The molecule has 10 heteroatoms. The molecule has 0 fully saturated rings. The lowest BCUT2D eigenvalue weighted by Crippen LogP contribution is -2.22. The second kappa shape index (κ2) is 7.24. The van der Waals surface area contributed by atoms with Gasteiger partial charge in [0.05, 0.1) is 23.4 Å². The molecule has 1 aromatic carbocycles. The molecule has 0 saturated carbocycles. The van der Waals surface area contributed by atoms with Crippen LogP contribution >= 0.6 is 11.5 Å². The van der Waals surface area contributed by atoms with Crippen LogP contribution in [0.4, 0.5) is 5.69 Å². The third-order valence-corrected chi connectivity index (χ3v) is 5.87. The van der Waals surface area contributed by atoms with Gasteiger partial charge in [0.1, 0.15) is 10.6 Å². The van der Waals surface area contributed by atoms with Crippen molar-refractivity contribution < 1.29 is 17.9 Å². The molecule has 1 amide bonds. The lowest BCUT2D eigenvalue weighted by molar-refractivity contribution is 0.102. The second-order valence-electron chi connectivity index (χ2n) is 5.01. The summed E-state index contributed by atoms with van der Waals surface area (Å²) in [5, 5.41) is 6.57. The first-order chi connectivity index (χ1) is 11.3. The fourth-order valence-electron chi connectivity index (χ4n) is 1.95. The number of hydrogen-bond acceptors (Lipinski definition) is 7. The van der Waals surface area contributed by atoms with E-state index in [1.165, 1.54) is 39.4 Å². The number of nitrogens with one attached hydrogen (secondary N) is 1. The lowest BCUT2D eigenvalue weighted by Gasteiger charge is -2.15. The van der Waals surface area contributed by atoms with Crippen LogP contribution in [0.2, 0.25) is 0 Å². The van der Waals surface area contributed by atoms with Gasteiger partial charge in [-0.15, -0.1) is 5.10 Å². The normalized spacial score (nSPS) is 11.5. The number of aryl methyl sites for hydroxylation is 1. The van der Waals surface area contributed by atoms with Crippen LogP contribution in [0.25, 0.3) is 0 Å². The Kier molecular flexibility index (Phi) is 5.52. The molecule has 0 bridgehead atoms. The number of carbonyl (C=O) groups excluding carboxylic acids is 1. The van der Waals surface area contributed by atoms with Crippen LogP contribution in [-0.2, 0) is 16.4 Å². The van der Waals surface area contributed by atoms with E-state index in [-0.39, 0.29) is 10.6 Å². The zero-order chi connectivity index (χ0) is 17.9. The highest BCUT2D eigenvalue weighted by Crippen LogP contribution is 2.29. The molecule has 0 unspecified atom stereocenters. The molecule has 1 aromatic heterocycles. The molecule has 0 aliphatic rings. The van der Waals surface area contributed by atoms with Crippen molar-refractivity contribution in [1.29, 1.82) is 0 Å². The number of benzene rings is 1. The van der Waals surface area contributed by atoms with Crippen LogP contribution in [0.15, 0.2) is 23.1 Å². The van der Waals surface area contributed by atoms with Gasteiger partial charge in [0.2, 0.25) is 10.0 Å². The Bertz CT molecular complexity index is 846. The lowest BCUT2D eigenvalue weighted by atomic mass is 10.2. The molecular weight excluding hydrogens is 352 g/mol. The molecule has 0 atom stereocenters. The van der Waals surface area contributed by atoms with E-state index in [1.807, 2.05) is 6.92 Å². The van der Waals surface area contributed by atoms with Gasteiger partial charge in [-0.2, -0.15) is 0 Å². The fourth-order valence-corrected chi connectivity index (χ4v) is 3.52. The van der Waals surface area contributed by atoms with Crippen molar-refractivity contribution in [2.45, 2.75) is 18.2 Å². The summed E-state index contributed by atoms with van der Waals surface area (Å²) in [6.45, 7) is 1.87. The van der Waals surface area contributed by atoms with Gasteiger partial charge in [0.25, 0.3) is 5.91 Å². The topological polar surface area (TPSA) is 101 Å². The molecular formula is C14H18N4O4S2. The highest BCUT2D eigenvalue weighted by molar-refractivity contribution is 7.89. The second-order valence-corrected chi connectivity index (χ2v) is 7.91. The molecule has 130 valence electrons. The van der Waals surface area contributed by atoms with Crippen LogP contribution in [0.5, 0.6) is 5.75 Å². The van der Waals surface area contributed by atoms with Crippen molar-refractivity contribution >= 4 is 33.2 Å². The first-order valence-electron chi connectivity index (χ1n) is 7.04. The van der Waals surface area contributed by atoms with Gasteiger partial charge in [-0.1, -0.05) is 11.4 Å². The highest BCUT2D eigenvalue weighted by atomic mass is 32.2. The molecule has 24 heavy (non-hydrogen) atoms. The molecule has 0 radical (unpaired) electrons. The monoisotopic (exact) mass is 370 g/mol. The third kappa shape index (κ3) is 3.55. The predicted octanol–water partition coefficient (Wildman–Crippen LogP) is 1.61. The van der Waals surface area contributed by atoms with E-state index < -0.39 is 15.9 Å². The van der Waals surface area contributed by atoms with Gasteiger partial charge in [0.15, 0.2) is 0 Å². The average molecular weight is 370 g/mol.